The Balaban J connectivity index is 1.61. The Bertz CT molecular complexity index is 1020. The molecule has 0 unspecified atom stereocenters. The van der Waals surface area contributed by atoms with E-state index in [2.05, 4.69) is 5.32 Å². The molecule has 0 aliphatic carbocycles. The molecule has 1 N–H and O–H groups in total. The molecule has 30 heavy (non-hydrogen) atoms. The van der Waals surface area contributed by atoms with Crippen molar-refractivity contribution in [2.75, 3.05) is 23.7 Å². The molecular formula is C21H24FN3O4S. The highest BCUT2D eigenvalue weighted by atomic mass is 32.2. The fourth-order valence-electron chi connectivity index (χ4n) is 3.32. The summed E-state index contributed by atoms with van der Waals surface area (Å²) in [5, 5.41) is 2.71. The molecule has 1 aliphatic rings. The second kappa shape index (κ2) is 9.25. The summed E-state index contributed by atoms with van der Waals surface area (Å²) >= 11 is 0. The Morgan fingerprint density at radius 3 is 2.50 bits per heavy atom. The van der Waals surface area contributed by atoms with Crippen LogP contribution in [0.15, 0.2) is 48.5 Å². The van der Waals surface area contributed by atoms with Crippen LogP contribution in [0.5, 0.6) is 0 Å². The summed E-state index contributed by atoms with van der Waals surface area (Å²) in [6.45, 7) is 1.10. The summed E-state index contributed by atoms with van der Waals surface area (Å²) in [5.74, 6) is -0.826. The first-order valence-corrected chi connectivity index (χ1v) is 11.4. The summed E-state index contributed by atoms with van der Waals surface area (Å²) in [7, 11) is -3.72. The van der Waals surface area contributed by atoms with Gasteiger partial charge in [0.2, 0.25) is 21.8 Å². The molecule has 1 aliphatic heterocycles. The third kappa shape index (κ3) is 5.79. The Labute approximate surface area is 175 Å². The number of carbonyl (C=O) groups excluding carboxylic acids is 2. The van der Waals surface area contributed by atoms with Gasteiger partial charge < -0.3 is 10.2 Å². The van der Waals surface area contributed by atoms with Gasteiger partial charge in [-0.05, 0) is 41.8 Å². The normalized spacial score (nSPS) is 14.1. The molecule has 2 aromatic carbocycles. The number of hydrogen-bond acceptors (Lipinski definition) is 4. The molecule has 2 amide bonds. The Hall–Kier alpha value is -2.94. The fourth-order valence-corrected chi connectivity index (χ4v) is 4.18. The SMILES string of the molecule is CS(=O)(=O)N(CC(=O)NCc1cccc(CN2CCCC2=O)c1)c1ccc(F)cc1. The summed E-state index contributed by atoms with van der Waals surface area (Å²) in [6, 6.07) is 12.5. The van der Waals surface area contributed by atoms with Gasteiger partial charge in [-0.2, -0.15) is 0 Å². The second-order valence-electron chi connectivity index (χ2n) is 7.26. The van der Waals surface area contributed by atoms with Crippen LogP contribution in [0.25, 0.3) is 0 Å². The van der Waals surface area contributed by atoms with E-state index in [0.717, 1.165) is 46.8 Å². The molecule has 160 valence electrons. The maximum Gasteiger partial charge on any atom is 0.241 e. The van der Waals surface area contributed by atoms with Gasteiger partial charge in [-0.25, -0.2) is 12.8 Å². The van der Waals surface area contributed by atoms with E-state index in [1.807, 2.05) is 29.2 Å². The lowest BCUT2D eigenvalue weighted by molar-refractivity contribution is -0.128. The average Bonchev–Trinajstić information content (AvgIpc) is 3.09. The minimum absolute atomic E-state index is 0.148. The van der Waals surface area contributed by atoms with Gasteiger partial charge in [0, 0.05) is 26.1 Å². The van der Waals surface area contributed by atoms with Crippen molar-refractivity contribution in [2.24, 2.45) is 0 Å². The van der Waals surface area contributed by atoms with E-state index in [0.29, 0.717) is 13.0 Å². The van der Waals surface area contributed by atoms with Crippen LogP contribution in [0.4, 0.5) is 10.1 Å². The van der Waals surface area contributed by atoms with Crippen LogP contribution >= 0.6 is 0 Å². The maximum atomic E-state index is 13.1. The van der Waals surface area contributed by atoms with Gasteiger partial charge in [0.05, 0.1) is 11.9 Å². The second-order valence-corrected chi connectivity index (χ2v) is 9.17. The zero-order valence-corrected chi connectivity index (χ0v) is 17.5. The van der Waals surface area contributed by atoms with Gasteiger partial charge in [-0.1, -0.05) is 24.3 Å². The third-order valence-electron chi connectivity index (χ3n) is 4.83. The van der Waals surface area contributed by atoms with Crippen molar-refractivity contribution in [3.05, 3.63) is 65.5 Å². The number of nitrogens with one attached hydrogen (secondary N) is 1. The smallest absolute Gasteiger partial charge is 0.241 e. The van der Waals surface area contributed by atoms with Crippen LogP contribution in [-0.2, 0) is 32.7 Å². The third-order valence-corrected chi connectivity index (χ3v) is 5.97. The predicted octanol–water partition coefficient (Wildman–Crippen LogP) is 2.03. The van der Waals surface area contributed by atoms with Crippen molar-refractivity contribution in [2.45, 2.75) is 25.9 Å². The number of likely N-dealkylation sites (tertiary alicyclic amines) is 1. The molecular weight excluding hydrogens is 409 g/mol. The molecule has 7 nitrogen and oxygen atoms in total. The molecule has 1 heterocycles. The van der Waals surface area contributed by atoms with Crippen LogP contribution in [-0.4, -0.2) is 44.5 Å². The predicted molar refractivity (Wildman–Crippen MR) is 112 cm³/mol. The quantitative estimate of drug-likeness (QED) is 0.690. The number of halogens is 1. The van der Waals surface area contributed by atoms with Crippen LogP contribution in [0.1, 0.15) is 24.0 Å². The largest absolute Gasteiger partial charge is 0.350 e. The lowest BCUT2D eigenvalue weighted by Gasteiger charge is -2.22. The van der Waals surface area contributed by atoms with Gasteiger partial charge in [0.15, 0.2) is 0 Å². The number of amides is 2. The zero-order valence-electron chi connectivity index (χ0n) is 16.7. The van der Waals surface area contributed by atoms with E-state index in [4.69, 9.17) is 0 Å². The Kier molecular flexibility index (Phi) is 6.71. The number of sulfonamides is 1. The van der Waals surface area contributed by atoms with Gasteiger partial charge in [0.1, 0.15) is 12.4 Å². The first-order chi connectivity index (χ1) is 14.2. The number of benzene rings is 2. The van der Waals surface area contributed by atoms with Crippen molar-refractivity contribution in [3.8, 4) is 0 Å². The van der Waals surface area contributed by atoms with Crippen molar-refractivity contribution in [1.29, 1.82) is 0 Å². The Morgan fingerprint density at radius 2 is 1.87 bits per heavy atom. The first kappa shape index (κ1) is 21.8. The highest BCUT2D eigenvalue weighted by Crippen LogP contribution is 2.18. The standard InChI is InChI=1S/C21H24FN3O4S/c1-30(28,29)25(19-9-7-18(22)8-10-19)15-20(26)23-13-16-4-2-5-17(12-16)14-24-11-3-6-21(24)27/h2,4-5,7-10,12H,3,6,11,13-15H2,1H3,(H,23,26). The molecule has 0 saturated carbocycles. The average molecular weight is 434 g/mol. The molecule has 0 radical (unpaired) electrons. The molecule has 1 saturated heterocycles. The van der Waals surface area contributed by atoms with Gasteiger partial charge >= 0.3 is 0 Å². The molecule has 2 aromatic rings. The number of carbonyl (C=O) groups is 2. The van der Waals surface area contributed by atoms with E-state index in [-0.39, 0.29) is 18.1 Å². The van der Waals surface area contributed by atoms with Gasteiger partial charge in [-0.15, -0.1) is 0 Å². The number of rotatable bonds is 8. The number of hydrogen-bond donors (Lipinski definition) is 1. The van der Waals surface area contributed by atoms with E-state index >= 15 is 0 Å². The number of nitrogens with zero attached hydrogens (tertiary/aromatic N) is 2. The molecule has 0 aromatic heterocycles. The molecule has 3 rings (SSSR count). The van der Waals surface area contributed by atoms with Crippen LogP contribution in [0.2, 0.25) is 0 Å². The van der Waals surface area contributed by atoms with Gasteiger partial charge in [-0.3, -0.25) is 13.9 Å². The van der Waals surface area contributed by atoms with E-state index in [1.54, 1.807) is 0 Å². The van der Waals surface area contributed by atoms with Crippen LogP contribution in [0, 0.1) is 5.82 Å². The summed E-state index contributed by atoms with van der Waals surface area (Å²) in [6.07, 6.45) is 2.45. The molecule has 1 fully saturated rings. The highest BCUT2D eigenvalue weighted by molar-refractivity contribution is 7.92. The molecule has 0 spiro atoms. The van der Waals surface area contributed by atoms with E-state index < -0.39 is 28.3 Å². The van der Waals surface area contributed by atoms with Crippen molar-refractivity contribution >= 4 is 27.5 Å². The van der Waals surface area contributed by atoms with Crippen LogP contribution in [0.3, 0.4) is 0 Å². The summed E-state index contributed by atoms with van der Waals surface area (Å²) < 4.78 is 38.2. The van der Waals surface area contributed by atoms with Crippen LogP contribution < -0.4 is 9.62 Å². The van der Waals surface area contributed by atoms with E-state index in [9.17, 15) is 22.4 Å². The highest BCUT2D eigenvalue weighted by Gasteiger charge is 2.21. The fraction of sp³-hybridized carbons (Fsp3) is 0.333. The van der Waals surface area contributed by atoms with Gasteiger partial charge in [0.25, 0.3) is 0 Å². The lowest BCUT2D eigenvalue weighted by atomic mass is 10.1. The van der Waals surface area contributed by atoms with Crippen molar-refractivity contribution in [1.82, 2.24) is 10.2 Å². The monoisotopic (exact) mass is 433 g/mol. The topological polar surface area (TPSA) is 86.8 Å². The molecule has 9 heteroatoms. The zero-order chi connectivity index (χ0) is 21.7. The molecule has 0 atom stereocenters. The van der Waals surface area contributed by atoms with Crippen molar-refractivity contribution in [3.63, 3.8) is 0 Å². The minimum atomic E-state index is -3.72. The Morgan fingerprint density at radius 1 is 1.17 bits per heavy atom. The van der Waals surface area contributed by atoms with Crippen molar-refractivity contribution < 1.29 is 22.4 Å². The first-order valence-electron chi connectivity index (χ1n) is 9.58. The lowest BCUT2D eigenvalue weighted by Crippen LogP contribution is -2.40. The summed E-state index contributed by atoms with van der Waals surface area (Å²) in [4.78, 5) is 26.0. The number of anilines is 1. The van der Waals surface area contributed by atoms with E-state index in [1.165, 1.54) is 12.1 Å². The minimum Gasteiger partial charge on any atom is -0.350 e. The summed E-state index contributed by atoms with van der Waals surface area (Å²) in [5.41, 5.74) is 2.03. The molecule has 0 bridgehead atoms. The maximum absolute atomic E-state index is 13.1.